The van der Waals surface area contributed by atoms with Crippen molar-refractivity contribution in [2.45, 2.75) is 26.8 Å². The first-order chi connectivity index (χ1) is 10.3. The van der Waals surface area contributed by atoms with E-state index in [4.69, 9.17) is 11.6 Å². The number of nitrogens with one attached hydrogen (secondary N) is 2. The third-order valence-electron chi connectivity index (χ3n) is 3.12. The lowest BCUT2D eigenvalue weighted by atomic mass is 10.0. The van der Waals surface area contributed by atoms with Crippen LogP contribution in [-0.2, 0) is 0 Å². The second-order valence-electron chi connectivity index (χ2n) is 5.26. The fraction of sp³-hybridized carbons (Fsp3) is 0.357. The molecule has 0 aliphatic carbocycles. The van der Waals surface area contributed by atoms with Gasteiger partial charge in [0.15, 0.2) is 5.82 Å². The first-order valence-electron chi connectivity index (χ1n) is 6.67. The Morgan fingerprint density at radius 1 is 1.45 bits per heavy atom. The molecule has 3 N–H and O–H groups in total. The summed E-state index contributed by atoms with van der Waals surface area (Å²) >= 11 is 5.68. The molecular formula is C14H16ClFN4O2. The predicted molar refractivity (Wildman–Crippen MR) is 79.2 cm³/mol. The molecule has 118 valence electrons. The van der Waals surface area contributed by atoms with Gasteiger partial charge in [-0.2, -0.15) is 5.10 Å². The summed E-state index contributed by atoms with van der Waals surface area (Å²) in [6.45, 7) is 5.51. The zero-order valence-corrected chi connectivity index (χ0v) is 13.1. The van der Waals surface area contributed by atoms with E-state index in [-0.39, 0.29) is 16.5 Å². The number of hydrogen-bond donors (Lipinski definition) is 3. The van der Waals surface area contributed by atoms with Gasteiger partial charge in [0.05, 0.1) is 16.6 Å². The van der Waals surface area contributed by atoms with Gasteiger partial charge in [-0.1, -0.05) is 25.4 Å². The number of hydrogen-bond acceptors (Lipinski definition) is 4. The smallest absolute Gasteiger partial charge is 0.255 e. The second-order valence-corrected chi connectivity index (χ2v) is 5.67. The Kier molecular flexibility index (Phi) is 4.65. The van der Waals surface area contributed by atoms with E-state index in [0.717, 1.165) is 12.1 Å². The van der Waals surface area contributed by atoms with Crippen molar-refractivity contribution in [3.8, 4) is 5.75 Å². The fourth-order valence-corrected chi connectivity index (χ4v) is 2.19. The molecule has 1 aromatic carbocycles. The molecule has 0 saturated heterocycles. The molecule has 0 saturated carbocycles. The molecule has 0 spiro atoms. The van der Waals surface area contributed by atoms with Crippen molar-refractivity contribution in [3.63, 3.8) is 0 Å². The van der Waals surface area contributed by atoms with E-state index in [2.05, 4.69) is 20.5 Å². The second kappa shape index (κ2) is 6.31. The zero-order valence-electron chi connectivity index (χ0n) is 12.3. The van der Waals surface area contributed by atoms with Crippen LogP contribution in [0.5, 0.6) is 5.75 Å². The summed E-state index contributed by atoms with van der Waals surface area (Å²) in [4.78, 5) is 16.5. The molecule has 1 heterocycles. The highest BCUT2D eigenvalue weighted by atomic mass is 35.5. The van der Waals surface area contributed by atoms with Gasteiger partial charge in [-0.15, -0.1) is 0 Å². The SMILES string of the molecule is Cc1nc([C@H](NC(=O)c2cc(F)cc(Cl)c2O)C(C)C)n[nH]1. The van der Waals surface area contributed by atoms with Gasteiger partial charge in [0, 0.05) is 0 Å². The monoisotopic (exact) mass is 326 g/mol. The van der Waals surface area contributed by atoms with Crippen molar-refractivity contribution >= 4 is 17.5 Å². The quantitative estimate of drug-likeness (QED) is 0.805. The van der Waals surface area contributed by atoms with Crippen molar-refractivity contribution < 1.29 is 14.3 Å². The van der Waals surface area contributed by atoms with Crippen molar-refractivity contribution in [2.75, 3.05) is 0 Å². The van der Waals surface area contributed by atoms with Crippen LogP contribution >= 0.6 is 11.6 Å². The number of amides is 1. The van der Waals surface area contributed by atoms with Crippen LogP contribution in [-0.4, -0.2) is 26.2 Å². The number of aromatic hydroxyl groups is 1. The molecule has 1 amide bonds. The molecule has 1 atom stereocenters. The maximum atomic E-state index is 13.4. The van der Waals surface area contributed by atoms with Gasteiger partial charge in [-0.25, -0.2) is 9.37 Å². The minimum Gasteiger partial charge on any atom is -0.506 e. The molecule has 0 aliphatic heterocycles. The Labute approximate surface area is 131 Å². The summed E-state index contributed by atoms with van der Waals surface area (Å²) in [5.74, 6) is -0.795. The van der Waals surface area contributed by atoms with Crippen molar-refractivity contribution in [1.82, 2.24) is 20.5 Å². The molecule has 2 aromatic rings. The van der Waals surface area contributed by atoms with Gasteiger partial charge in [-0.3, -0.25) is 9.89 Å². The number of nitrogens with zero attached hydrogens (tertiary/aromatic N) is 2. The van der Waals surface area contributed by atoms with Crippen LogP contribution in [0.4, 0.5) is 4.39 Å². The standard InChI is InChI=1S/C14H16ClFN4O2/c1-6(2)11(13-17-7(3)19-20-13)18-14(22)9-4-8(16)5-10(15)12(9)21/h4-6,11,21H,1-3H3,(H,18,22)(H,17,19,20)/t11-/m1/s1. The molecule has 1 aromatic heterocycles. The van der Waals surface area contributed by atoms with E-state index >= 15 is 0 Å². The summed E-state index contributed by atoms with van der Waals surface area (Å²) in [5, 5.41) is 19.0. The summed E-state index contributed by atoms with van der Waals surface area (Å²) in [6.07, 6.45) is 0. The fourth-order valence-electron chi connectivity index (χ4n) is 1.99. The molecule has 22 heavy (non-hydrogen) atoms. The lowest BCUT2D eigenvalue weighted by molar-refractivity contribution is 0.0920. The van der Waals surface area contributed by atoms with E-state index in [1.807, 2.05) is 13.8 Å². The van der Waals surface area contributed by atoms with E-state index in [0.29, 0.717) is 11.6 Å². The van der Waals surface area contributed by atoms with Crippen LogP contribution in [0.15, 0.2) is 12.1 Å². The van der Waals surface area contributed by atoms with Crippen LogP contribution in [0.2, 0.25) is 5.02 Å². The Balaban J connectivity index is 2.29. The zero-order chi connectivity index (χ0) is 16.4. The number of benzene rings is 1. The minimum absolute atomic E-state index is 0.00896. The maximum Gasteiger partial charge on any atom is 0.255 e. The summed E-state index contributed by atoms with van der Waals surface area (Å²) in [6, 6.07) is 1.38. The van der Waals surface area contributed by atoms with Crippen molar-refractivity contribution in [3.05, 3.63) is 40.2 Å². The molecule has 2 rings (SSSR count). The number of H-pyrrole nitrogens is 1. The molecule has 0 radical (unpaired) electrons. The van der Waals surface area contributed by atoms with E-state index in [1.165, 1.54) is 0 Å². The Hall–Kier alpha value is -2.15. The number of phenolic OH excluding ortho intramolecular Hbond substituents is 1. The number of rotatable bonds is 4. The third kappa shape index (κ3) is 3.36. The van der Waals surface area contributed by atoms with Crippen LogP contribution in [0.1, 0.15) is 41.9 Å². The van der Waals surface area contributed by atoms with Crippen LogP contribution in [0.25, 0.3) is 0 Å². The molecular weight excluding hydrogens is 311 g/mol. The van der Waals surface area contributed by atoms with Gasteiger partial charge < -0.3 is 10.4 Å². The normalized spacial score (nSPS) is 12.5. The average Bonchev–Trinajstić information content (AvgIpc) is 2.85. The number of aromatic nitrogens is 3. The summed E-state index contributed by atoms with van der Waals surface area (Å²) in [5.41, 5.74) is -0.233. The van der Waals surface area contributed by atoms with Crippen LogP contribution in [0.3, 0.4) is 0 Å². The number of aryl methyl sites for hydroxylation is 1. The first-order valence-corrected chi connectivity index (χ1v) is 7.05. The summed E-state index contributed by atoms with van der Waals surface area (Å²) in [7, 11) is 0. The number of carbonyl (C=O) groups excluding carboxylic acids is 1. The average molecular weight is 327 g/mol. The van der Waals surface area contributed by atoms with Gasteiger partial charge in [0.1, 0.15) is 17.4 Å². The lowest BCUT2D eigenvalue weighted by Gasteiger charge is -2.20. The molecule has 8 heteroatoms. The Bertz CT molecular complexity index is 702. The van der Waals surface area contributed by atoms with Gasteiger partial charge in [0.2, 0.25) is 0 Å². The predicted octanol–water partition coefficient (Wildman–Crippen LogP) is 2.74. The number of halogens is 2. The molecule has 6 nitrogen and oxygen atoms in total. The highest BCUT2D eigenvalue weighted by molar-refractivity contribution is 6.32. The highest BCUT2D eigenvalue weighted by Crippen LogP contribution is 2.29. The minimum atomic E-state index is -0.706. The highest BCUT2D eigenvalue weighted by Gasteiger charge is 2.25. The van der Waals surface area contributed by atoms with E-state index in [9.17, 15) is 14.3 Å². The van der Waals surface area contributed by atoms with Crippen LogP contribution in [0, 0.1) is 18.7 Å². The number of carbonyl (C=O) groups is 1. The van der Waals surface area contributed by atoms with Crippen LogP contribution < -0.4 is 5.32 Å². The molecule has 0 aliphatic rings. The molecule has 0 fully saturated rings. The number of aromatic amines is 1. The van der Waals surface area contributed by atoms with Gasteiger partial charge in [-0.05, 0) is 25.0 Å². The van der Waals surface area contributed by atoms with Crippen molar-refractivity contribution in [2.24, 2.45) is 5.92 Å². The summed E-state index contributed by atoms with van der Waals surface area (Å²) < 4.78 is 13.4. The van der Waals surface area contributed by atoms with Gasteiger partial charge in [0.25, 0.3) is 5.91 Å². The number of phenols is 1. The first kappa shape index (κ1) is 16.2. The topological polar surface area (TPSA) is 90.9 Å². The van der Waals surface area contributed by atoms with E-state index in [1.54, 1.807) is 6.92 Å². The molecule has 0 bridgehead atoms. The Morgan fingerprint density at radius 2 is 2.14 bits per heavy atom. The maximum absolute atomic E-state index is 13.4. The lowest BCUT2D eigenvalue weighted by Crippen LogP contribution is -2.32. The Morgan fingerprint density at radius 3 is 2.68 bits per heavy atom. The van der Waals surface area contributed by atoms with Crippen molar-refractivity contribution in [1.29, 1.82) is 0 Å². The molecule has 0 unspecified atom stereocenters. The van der Waals surface area contributed by atoms with E-state index < -0.39 is 23.5 Å². The third-order valence-corrected chi connectivity index (χ3v) is 3.41. The largest absolute Gasteiger partial charge is 0.506 e. The van der Waals surface area contributed by atoms with Gasteiger partial charge >= 0.3 is 0 Å².